The number of nitrogens with one attached hydrogen (secondary N) is 2. The summed E-state index contributed by atoms with van der Waals surface area (Å²) in [7, 11) is 0. The van der Waals surface area contributed by atoms with Crippen LogP contribution in [0.4, 0.5) is 0 Å². The van der Waals surface area contributed by atoms with Gasteiger partial charge in [0.15, 0.2) is 0 Å². The minimum Gasteiger partial charge on any atom is -0.469 e. The fourth-order valence-corrected chi connectivity index (χ4v) is 2.67. The van der Waals surface area contributed by atoms with Gasteiger partial charge in [0, 0.05) is 4.88 Å². The predicted molar refractivity (Wildman–Crippen MR) is 82.7 cm³/mol. The molecule has 2 amide bonds. The van der Waals surface area contributed by atoms with Gasteiger partial charge in [-0.25, -0.2) is 0 Å². The molecule has 0 bridgehead atoms. The first-order chi connectivity index (χ1) is 10.4. The van der Waals surface area contributed by atoms with Gasteiger partial charge in [-0.15, -0.1) is 11.3 Å². The second-order valence-corrected chi connectivity index (χ2v) is 6.05. The first-order valence-corrected chi connectivity index (χ1v) is 7.63. The highest BCUT2D eigenvalue weighted by Crippen LogP contribution is 2.24. The van der Waals surface area contributed by atoms with E-state index in [1.165, 1.54) is 17.6 Å². The molecule has 0 fully saturated rings. The molecule has 1 unspecified atom stereocenters. The summed E-state index contributed by atoms with van der Waals surface area (Å²) in [6, 6.07) is 5.19. The van der Waals surface area contributed by atoms with Crippen LogP contribution in [0.15, 0.2) is 34.3 Å². The summed E-state index contributed by atoms with van der Waals surface area (Å²) in [5.41, 5.74) is -0.729. The Morgan fingerprint density at radius 3 is 2.73 bits per heavy atom. The van der Waals surface area contributed by atoms with E-state index in [0.717, 1.165) is 4.88 Å². The maximum Gasteiger partial charge on any atom is 0.255 e. The van der Waals surface area contributed by atoms with E-state index in [-0.39, 0.29) is 24.9 Å². The normalized spacial score (nSPS) is 13.4. The van der Waals surface area contributed by atoms with Gasteiger partial charge in [0.25, 0.3) is 5.91 Å². The third kappa shape index (κ3) is 3.96. The van der Waals surface area contributed by atoms with E-state index in [2.05, 4.69) is 10.6 Å². The molecule has 7 heteroatoms. The van der Waals surface area contributed by atoms with Gasteiger partial charge in [-0.3, -0.25) is 9.59 Å². The molecule has 6 nitrogen and oxygen atoms in total. The molecule has 3 N–H and O–H groups in total. The zero-order valence-corrected chi connectivity index (χ0v) is 13.2. The van der Waals surface area contributed by atoms with E-state index in [9.17, 15) is 14.7 Å². The van der Waals surface area contributed by atoms with Crippen LogP contribution in [0.1, 0.15) is 27.9 Å². The lowest BCUT2D eigenvalue weighted by Crippen LogP contribution is -2.43. The summed E-state index contributed by atoms with van der Waals surface area (Å²) < 4.78 is 5.03. The third-order valence-electron chi connectivity index (χ3n) is 3.19. The number of carbonyl (C=O) groups excluding carboxylic acids is 2. The molecule has 2 aromatic rings. The van der Waals surface area contributed by atoms with Crippen molar-refractivity contribution in [2.24, 2.45) is 0 Å². The van der Waals surface area contributed by atoms with Crippen molar-refractivity contribution >= 4 is 23.2 Å². The maximum absolute atomic E-state index is 11.8. The first-order valence-electron chi connectivity index (χ1n) is 6.75. The highest BCUT2D eigenvalue weighted by molar-refractivity contribution is 7.10. The summed E-state index contributed by atoms with van der Waals surface area (Å²) in [6.07, 6.45) is 1.42. The summed E-state index contributed by atoms with van der Waals surface area (Å²) in [5, 5.41) is 17.3. The number of rotatable bonds is 6. The molecule has 0 aromatic carbocycles. The monoisotopic (exact) mass is 322 g/mol. The SMILES string of the molecule is Cc1occc1C(=O)NCC(=O)NCC(C)(O)c1cccs1. The van der Waals surface area contributed by atoms with Gasteiger partial charge in [0.05, 0.1) is 24.9 Å². The Morgan fingerprint density at radius 1 is 1.36 bits per heavy atom. The molecule has 2 rings (SSSR count). The first kappa shape index (κ1) is 16.3. The van der Waals surface area contributed by atoms with E-state index in [0.29, 0.717) is 11.3 Å². The van der Waals surface area contributed by atoms with Gasteiger partial charge in [0.1, 0.15) is 11.4 Å². The van der Waals surface area contributed by atoms with Crippen LogP contribution in [-0.4, -0.2) is 30.0 Å². The Labute approximate surface area is 132 Å². The van der Waals surface area contributed by atoms with Crippen molar-refractivity contribution in [2.45, 2.75) is 19.4 Å². The number of carbonyl (C=O) groups is 2. The van der Waals surface area contributed by atoms with E-state index >= 15 is 0 Å². The number of hydrogen-bond donors (Lipinski definition) is 3. The van der Waals surface area contributed by atoms with Crippen LogP contribution in [-0.2, 0) is 10.4 Å². The van der Waals surface area contributed by atoms with Gasteiger partial charge in [-0.05, 0) is 31.4 Å². The molecule has 0 spiro atoms. The molecule has 2 aromatic heterocycles. The molecular weight excluding hydrogens is 304 g/mol. The molecule has 2 heterocycles. The smallest absolute Gasteiger partial charge is 0.255 e. The molecule has 0 radical (unpaired) electrons. The maximum atomic E-state index is 11.8. The number of aryl methyl sites for hydroxylation is 1. The second kappa shape index (κ2) is 6.76. The van der Waals surface area contributed by atoms with Crippen molar-refractivity contribution in [2.75, 3.05) is 13.1 Å². The van der Waals surface area contributed by atoms with Gasteiger partial charge in [-0.1, -0.05) is 6.07 Å². The van der Waals surface area contributed by atoms with Gasteiger partial charge in [-0.2, -0.15) is 0 Å². The number of hydrogen-bond acceptors (Lipinski definition) is 5. The summed E-state index contributed by atoms with van der Waals surface area (Å²) >= 11 is 1.42. The zero-order valence-electron chi connectivity index (χ0n) is 12.4. The Kier molecular flexibility index (Phi) is 4.99. The average molecular weight is 322 g/mol. The van der Waals surface area contributed by atoms with E-state index in [1.54, 1.807) is 26.0 Å². The predicted octanol–water partition coefficient (Wildman–Crippen LogP) is 1.40. The molecule has 0 saturated heterocycles. The summed E-state index contributed by atoms with van der Waals surface area (Å²) in [5.74, 6) is -0.240. The fourth-order valence-electron chi connectivity index (χ4n) is 1.88. The van der Waals surface area contributed by atoms with Gasteiger partial charge >= 0.3 is 0 Å². The van der Waals surface area contributed by atoms with Gasteiger partial charge in [0.2, 0.25) is 5.91 Å². The van der Waals surface area contributed by atoms with Crippen molar-refractivity contribution in [3.8, 4) is 0 Å². The van der Waals surface area contributed by atoms with E-state index < -0.39 is 5.60 Å². The Hall–Kier alpha value is -2.12. The molecule has 0 aliphatic rings. The molecule has 0 saturated carbocycles. The minimum atomic E-state index is -1.13. The highest BCUT2D eigenvalue weighted by Gasteiger charge is 2.24. The Morgan fingerprint density at radius 2 is 2.14 bits per heavy atom. The molecular formula is C15H18N2O4S. The summed E-state index contributed by atoms with van der Waals surface area (Å²) in [4.78, 5) is 24.4. The fraction of sp³-hybridized carbons (Fsp3) is 0.333. The lowest BCUT2D eigenvalue weighted by Gasteiger charge is -2.22. The average Bonchev–Trinajstić information content (AvgIpc) is 3.14. The van der Waals surface area contributed by atoms with Crippen LogP contribution in [0.2, 0.25) is 0 Å². The third-order valence-corrected chi connectivity index (χ3v) is 4.32. The van der Waals surface area contributed by atoms with Crippen LogP contribution >= 0.6 is 11.3 Å². The van der Waals surface area contributed by atoms with Crippen LogP contribution in [0, 0.1) is 6.92 Å². The van der Waals surface area contributed by atoms with Crippen LogP contribution in [0.3, 0.4) is 0 Å². The van der Waals surface area contributed by atoms with Crippen LogP contribution in [0.5, 0.6) is 0 Å². The van der Waals surface area contributed by atoms with Crippen molar-refractivity contribution in [3.05, 3.63) is 46.0 Å². The minimum absolute atomic E-state index is 0.0763. The topological polar surface area (TPSA) is 91.6 Å². The lowest BCUT2D eigenvalue weighted by molar-refractivity contribution is -0.121. The van der Waals surface area contributed by atoms with Crippen molar-refractivity contribution < 1.29 is 19.1 Å². The quantitative estimate of drug-likeness (QED) is 0.750. The Bertz CT molecular complexity index is 646. The summed E-state index contributed by atoms with van der Waals surface area (Å²) in [6.45, 7) is 3.22. The standard InChI is InChI=1S/C15H18N2O4S/c1-10-11(5-6-21-10)14(19)16-8-13(18)17-9-15(2,20)12-4-3-7-22-12/h3-7,20H,8-9H2,1-2H3,(H,16,19)(H,17,18). The van der Waals surface area contributed by atoms with Crippen molar-refractivity contribution in [1.82, 2.24) is 10.6 Å². The van der Waals surface area contributed by atoms with Gasteiger partial charge < -0.3 is 20.2 Å². The Balaban J connectivity index is 1.79. The van der Waals surface area contributed by atoms with E-state index in [1.807, 2.05) is 11.4 Å². The molecule has 22 heavy (non-hydrogen) atoms. The second-order valence-electron chi connectivity index (χ2n) is 5.10. The molecule has 1 atom stereocenters. The van der Waals surface area contributed by atoms with Crippen molar-refractivity contribution in [1.29, 1.82) is 0 Å². The number of thiophene rings is 1. The zero-order chi connectivity index (χ0) is 16.2. The van der Waals surface area contributed by atoms with Crippen LogP contribution in [0.25, 0.3) is 0 Å². The highest BCUT2D eigenvalue weighted by atomic mass is 32.1. The van der Waals surface area contributed by atoms with Crippen molar-refractivity contribution in [3.63, 3.8) is 0 Å². The largest absolute Gasteiger partial charge is 0.469 e. The molecule has 0 aliphatic heterocycles. The number of aliphatic hydroxyl groups is 1. The molecule has 118 valence electrons. The lowest BCUT2D eigenvalue weighted by atomic mass is 10.1. The number of furan rings is 1. The number of amides is 2. The molecule has 0 aliphatic carbocycles. The van der Waals surface area contributed by atoms with E-state index in [4.69, 9.17) is 4.42 Å². The van der Waals surface area contributed by atoms with Crippen LogP contribution < -0.4 is 10.6 Å².